The third-order valence-electron chi connectivity index (χ3n) is 3.71. The summed E-state index contributed by atoms with van der Waals surface area (Å²) in [4.78, 5) is 11.8. The number of carbonyl (C=O) groups excluding carboxylic acids is 1. The van der Waals surface area contributed by atoms with Gasteiger partial charge in [-0.05, 0) is 51.5 Å². The Morgan fingerprint density at radius 1 is 1.23 bits per heavy atom. The van der Waals surface area contributed by atoms with E-state index in [2.05, 4.69) is 17.4 Å². The van der Waals surface area contributed by atoms with Crippen molar-refractivity contribution < 1.29 is 14.3 Å². The average molecular weight is 305 g/mol. The zero-order valence-electron chi connectivity index (χ0n) is 13.8. The second-order valence-corrected chi connectivity index (χ2v) is 7.08. The molecule has 1 aliphatic rings. The Morgan fingerprint density at radius 2 is 1.95 bits per heavy atom. The Balaban J connectivity index is 1.64. The smallest absolute Gasteiger partial charge is 0.407 e. The second kappa shape index (κ2) is 7.63. The van der Waals surface area contributed by atoms with E-state index in [0.29, 0.717) is 12.5 Å². The highest BCUT2D eigenvalue weighted by Crippen LogP contribution is 2.28. The van der Waals surface area contributed by atoms with E-state index in [0.717, 1.165) is 25.9 Å². The summed E-state index contributed by atoms with van der Waals surface area (Å²) in [6.07, 6.45) is 2.59. The van der Waals surface area contributed by atoms with E-state index in [1.165, 1.54) is 5.56 Å². The van der Waals surface area contributed by atoms with Crippen molar-refractivity contribution in [2.24, 2.45) is 5.92 Å². The molecule has 1 N–H and O–H groups in total. The number of nitrogens with one attached hydrogen (secondary N) is 1. The first-order valence-corrected chi connectivity index (χ1v) is 8.03. The van der Waals surface area contributed by atoms with E-state index >= 15 is 0 Å². The maximum atomic E-state index is 11.8. The third-order valence-corrected chi connectivity index (χ3v) is 3.71. The van der Waals surface area contributed by atoms with E-state index in [-0.39, 0.29) is 17.7 Å². The lowest BCUT2D eigenvalue weighted by atomic mass is 10.1. The van der Waals surface area contributed by atoms with E-state index in [9.17, 15) is 4.79 Å². The van der Waals surface area contributed by atoms with Crippen LogP contribution in [0, 0.1) is 5.92 Å². The minimum absolute atomic E-state index is 0.0210. The molecule has 1 aliphatic carbocycles. The summed E-state index contributed by atoms with van der Waals surface area (Å²) >= 11 is 0. The summed E-state index contributed by atoms with van der Waals surface area (Å²) in [7, 11) is 0. The molecular formula is C18H27NO3. The molecule has 22 heavy (non-hydrogen) atoms. The van der Waals surface area contributed by atoms with Crippen molar-refractivity contribution in [2.45, 2.75) is 58.3 Å². The van der Waals surface area contributed by atoms with Gasteiger partial charge in [-0.15, -0.1) is 0 Å². The van der Waals surface area contributed by atoms with Crippen LogP contribution in [0.2, 0.25) is 0 Å². The Bertz CT molecular complexity index is 467. The minimum atomic E-state index is -0.316. The van der Waals surface area contributed by atoms with E-state index in [1.54, 1.807) is 0 Å². The lowest BCUT2D eigenvalue weighted by molar-refractivity contribution is 0.0711. The first kappa shape index (κ1) is 16.8. The van der Waals surface area contributed by atoms with Gasteiger partial charge in [0, 0.05) is 12.1 Å². The first-order chi connectivity index (χ1) is 10.4. The number of rotatable bonds is 5. The molecule has 1 aromatic rings. The van der Waals surface area contributed by atoms with E-state index in [1.807, 2.05) is 39.0 Å². The van der Waals surface area contributed by atoms with Gasteiger partial charge in [-0.3, -0.25) is 0 Å². The van der Waals surface area contributed by atoms with Gasteiger partial charge in [-0.2, -0.15) is 0 Å². The number of alkyl carbamates (subject to hydrolysis) is 1. The van der Waals surface area contributed by atoms with Crippen LogP contribution < -0.4 is 5.32 Å². The molecule has 2 rings (SSSR count). The summed E-state index contributed by atoms with van der Waals surface area (Å²) < 4.78 is 11.3. The van der Waals surface area contributed by atoms with Crippen molar-refractivity contribution in [1.82, 2.24) is 5.32 Å². The predicted octanol–water partition coefficient (Wildman–Crippen LogP) is 3.90. The molecule has 2 atom stereocenters. The van der Waals surface area contributed by atoms with Crippen LogP contribution in [-0.2, 0) is 16.1 Å². The molecule has 0 spiro atoms. The standard InChI is InChI=1S/C18H27NO3/c1-18(2,3)19-17(20)22-16-10-9-15(11-16)13-21-12-14-7-5-4-6-8-14/h4-8,15-16H,9-13H2,1-3H3,(H,19,20)/t15-,16+/m0/s1. The fourth-order valence-electron chi connectivity index (χ4n) is 2.69. The maximum Gasteiger partial charge on any atom is 0.407 e. The molecule has 4 heteroatoms. The van der Waals surface area contributed by atoms with Crippen molar-refractivity contribution >= 4 is 6.09 Å². The van der Waals surface area contributed by atoms with Crippen LogP contribution in [0.1, 0.15) is 45.6 Å². The van der Waals surface area contributed by atoms with Gasteiger partial charge in [-0.25, -0.2) is 4.79 Å². The van der Waals surface area contributed by atoms with Gasteiger partial charge in [-0.1, -0.05) is 30.3 Å². The van der Waals surface area contributed by atoms with Crippen molar-refractivity contribution in [3.8, 4) is 0 Å². The van der Waals surface area contributed by atoms with Gasteiger partial charge in [0.05, 0.1) is 6.61 Å². The molecule has 1 fully saturated rings. The molecule has 0 bridgehead atoms. The SMILES string of the molecule is CC(C)(C)NC(=O)O[C@@H]1CC[C@H](COCc2ccccc2)C1. The molecule has 0 unspecified atom stereocenters. The van der Waals surface area contributed by atoms with Crippen LogP contribution in [0.25, 0.3) is 0 Å². The highest BCUT2D eigenvalue weighted by molar-refractivity contribution is 5.68. The fourth-order valence-corrected chi connectivity index (χ4v) is 2.69. The number of hydrogen-bond donors (Lipinski definition) is 1. The molecule has 1 saturated carbocycles. The number of hydrogen-bond acceptors (Lipinski definition) is 3. The lowest BCUT2D eigenvalue weighted by Gasteiger charge is -2.22. The number of ether oxygens (including phenoxy) is 2. The number of benzene rings is 1. The van der Waals surface area contributed by atoms with Gasteiger partial charge in [0.15, 0.2) is 0 Å². The summed E-state index contributed by atoms with van der Waals surface area (Å²) in [6, 6.07) is 10.2. The van der Waals surface area contributed by atoms with Crippen LogP contribution in [0.4, 0.5) is 4.79 Å². The topological polar surface area (TPSA) is 47.6 Å². The molecule has 1 aromatic carbocycles. The fraction of sp³-hybridized carbons (Fsp3) is 0.611. The summed E-state index contributed by atoms with van der Waals surface area (Å²) in [5, 5.41) is 2.83. The molecule has 4 nitrogen and oxygen atoms in total. The first-order valence-electron chi connectivity index (χ1n) is 8.03. The van der Waals surface area contributed by atoms with Crippen molar-refractivity contribution in [1.29, 1.82) is 0 Å². The summed E-state index contributed by atoms with van der Waals surface area (Å²) in [5.41, 5.74) is 0.936. The highest BCUT2D eigenvalue weighted by atomic mass is 16.6. The number of amides is 1. The molecular weight excluding hydrogens is 278 g/mol. The molecule has 0 aromatic heterocycles. The Kier molecular flexibility index (Phi) is 5.83. The monoisotopic (exact) mass is 305 g/mol. The number of carbonyl (C=O) groups is 1. The third kappa shape index (κ3) is 6.06. The van der Waals surface area contributed by atoms with Crippen LogP contribution in [0.5, 0.6) is 0 Å². The van der Waals surface area contributed by atoms with Crippen LogP contribution in [0.15, 0.2) is 30.3 Å². The predicted molar refractivity (Wildman–Crippen MR) is 86.6 cm³/mol. The van der Waals surface area contributed by atoms with Crippen LogP contribution in [0.3, 0.4) is 0 Å². The maximum absolute atomic E-state index is 11.8. The molecule has 1 amide bonds. The highest BCUT2D eigenvalue weighted by Gasteiger charge is 2.28. The average Bonchev–Trinajstić information content (AvgIpc) is 2.85. The molecule has 0 aliphatic heterocycles. The zero-order valence-corrected chi connectivity index (χ0v) is 13.8. The minimum Gasteiger partial charge on any atom is -0.446 e. The van der Waals surface area contributed by atoms with E-state index < -0.39 is 0 Å². The Morgan fingerprint density at radius 3 is 2.64 bits per heavy atom. The summed E-state index contributed by atoms with van der Waals surface area (Å²) in [6.45, 7) is 7.22. The Hall–Kier alpha value is -1.55. The van der Waals surface area contributed by atoms with Crippen molar-refractivity contribution in [3.63, 3.8) is 0 Å². The molecule has 0 heterocycles. The van der Waals surface area contributed by atoms with Crippen molar-refractivity contribution in [2.75, 3.05) is 6.61 Å². The van der Waals surface area contributed by atoms with Gasteiger partial charge < -0.3 is 14.8 Å². The zero-order chi connectivity index (χ0) is 16.0. The molecule has 0 radical (unpaired) electrons. The summed E-state index contributed by atoms with van der Waals surface area (Å²) in [5.74, 6) is 0.483. The largest absolute Gasteiger partial charge is 0.446 e. The quantitative estimate of drug-likeness (QED) is 0.897. The van der Waals surface area contributed by atoms with E-state index in [4.69, 9.17) is 9.47 Å². The van der Waals surface area contributed by atoms with Gasteiger partial charge in [0.25, 0.3) is 0 Å². The lowest BCUT2D eigenvalue weighted by Crippen LogP contribution is -2.42. The van der Waals surface area contributed by atoms with Gasteiger partial charge in [0.2, 0.25) is 0 Å². The van der Waals surface area contributed by atoms with Crippen LogP contribution in [-0.4, -0.2) is 24.3 Å². The van der Waals surface area contributed by atoms with Gasteiger partial charge >= 0.3 is 6.09 Å². The normalized spacial score (nSPS) is 21.6. The van der Waals surface area contributed by atoms with Crippen molar-refractivity contribution in [3.05, 3.63) is 35.9 Å². The molecule has 122 valence electrons. The van der Waals surface area contributed by atoms with Crippen LogP contribution >= 0.6 is 0 Å². The second-order valence-electron chi connectivity index (χ2n) is 7.08. The molecule has 0 saturated heterocycles. The Labute approximate surface area is 133 Å². The van der Waals surface area contributed by atoms with Gasteiger partial charge in [0.1, 0.15) is 6.10 Å².